The van der Waals surface area contributed by atoms with Gasteiger partial charge in [-0.3, -0.25) is 0 Å². The Bertz CT molecular complexity index is 841. The van der Waals surface area contributed by atoms with E-state index in [4.69, 9.17) is 0 Å². The molecule has 0 radical (unpaired) electrons. The summed E-state index contributed by atoms with van der Waals surface area (Å²) in [5, 5.41) is 1.03. The van der Waals surface area contributed by atoms with Crippen LogP contribution in [-0.2, 0) is 0 Å². The van der Waals surface area contributed by atoms with Crippen molar-refractivity contribution < 1.29 is 0 Å². The van der Waals surface area contributed by atoms with Crippen LogP contribution in [0.15, 0.2) is 48.7 Å². The Morgan fingerprint density at radius 3 is 2.67 bits per heavy atom. The Morgan fingerprint density at radius 1 is 0.952 bits per heavy atom. The van der Waals surface area contributed by atoms with Crippen molar-refractivity contribution >= 4 is 10.9 Å². The first-order chi connectivity index (χ1) is 10.2. The topological polar surface area (TPSA) is 38.7 Å². The van der Waals surface area contributed by atoms with E-state index < -0.39 is 0 Å². The molecular weight excluding hydrogens is 258 g/mol. The van der Waals surface area contributed by atoms with Gasteiger partial charge < -0.3 is 0 Å². The molecule has 2 heterocycles. The van der Waals surface area contributed by atoms with Crippen LogP contribution in [0.4, 0.5) is 0 Å². The normalized spacial score (nSPS) is 10.4. The van der Waals surface area contributed by atoms with Crippen LogP contribution in [0, 0.1) is 17.8 Å². The summed E-state index contributed by atoms with van der Waals surface area (Å²) in [5.74, 6) is 7.14. The first kappa shape index (κ1) is 13.3. The van der Waals surface area contributed by atoms with Crippen LogP contribution in [0.3, 0.4) is 0 Å². The maximum atomic E-state index is 4.56. The van der Waals surface area contributed by atoms with Crippen molar-refractivity contribution in [3.63, 3.8) is 0 Å². The number of pyridine rings is 1. The lowest BCUT2D eigenvalue weighted by molar-refractivity contribution is 0.866. The third kappa shape index (κ3) is 3.06. The minimum Gasteiger partial charge on any atom is -0.236 e. The Kier molecular flexibility index (Phi) is 3.61. The molecule has 3 heteroatoms. The van der Waals surface area contributed by atoms with Crippen LogP contribution in [0.5, 0.6) is 0 Å². The van der Waals surface area contributed by atoms with Gasteiger partial charge in [0.1, 0.15) is 11.4 Å². The zero-order valence-electron chi connectivity index (χ0n) is 12.0. The van der Waals surface area contributed by atoms with Crippen LogP contribution in [-0.4, -0.2) is 15.0 Å². The van der Waals surface area contributed by atoms with Gasteiger partial charge in [-0.25, -0.2) is 15.0 Å². The molecule has 0 unspecified atom stereocenters. The maximum Gasteiger partial charge on any atom is 0.178 e. The monoisotopic (exact) mass is 273 g/mol. The van der Waals surface area contributed by atoms with Gasteiger partial charge in [0.2, 0.25) is 0 Å². The van der Waals surface area contributed by atoms with Crippen molar-refractivity contribution in [2.75, 3.05) is 0 Å². The fourth-order valence-corrected chi connectivity index (χ4v) is 1.94. The van der Waals surface area contributed by atoms with Crippen molar-refractivity contribution in [2.45, 2.75) is 13.8 Å². The van der Waals surface area contributed by atoms with Gasteiger partial charge in [-0.2, -0.15) is 0 Å². The Labute approximate surface area is 124 Å². The molecule has 0 saturated heterocycles. The van der Waals surface area contributed by atoms with E-state index in [0.717, 1.165) is 22.3 Å². The second-order valence-electron chi connectivity index (χ2n) is 5.08. The van der Waals surface area contributed by atoms with Gasteiger partial charge >= 0.3 is 0 Å². The smallest absolute Gasteiger partial charge is 0.178 e. The third-order valence-electron chi connectivity index (χ3n) is 2.96. The Morgan fingerprint density at radius 2 is 1.81 bits per heavy atom. The largest absolute Gasteiger partial charge is 0.236 e. The number of aromatic nitrogens is 3. The number of benzene rings is 1. The molecule has 3 nitrogen and oxygen atoms in total. The minimum atomic E-state index is 0.326. The lowest BCUT2D eigenvalue weighted by Gasteiger charge is -2.02. The number of nitrogens with zero attached hydrogens (tertiary/aromatic N) is 3. The molecular formula is C18H15N3. The van der Waals surface area contributed by atoms with Gasteiger partial charge in [0, 0.05) is 17.5 Å². The summed E-state index contributed by atoms with van der Waals surface area (Å²) in [4.78, 5) is 13.5. The highest BCUT2D eigenvalue weighted by atomic mass is 14.9. The minimum absolute atomic E-state index is 0.326. The van der Waals surface area contributed by atoms with Crippen LogP contribution >= 0.6 is 0 Å². The lowest BCUT2D eigenvalue weighted by Crippen LogP contribution is -1.94. The molecule has 102 valence electrons. The number of hydrogen-bond acceptors (Lipinski definition) is 3. The summed E-state index contributed by atoms with van der Waals surface area (Å²) in [6.07, 6.45) is 1.83. The van der Waals surface area contributed by atoms with Crippen LogP contribution in [0.25, 0.3) is 22.4 Å². The fraction of sp³-hybridized carbons (Fsp3) is 0.167. The molecule has 2 aromatic heterocycles. The molecule has 0 aliphatic heterocycles. The van der Waals surface area contributed by atoms with Crippen molar-refractivity contribution in [3.8, 4) is 23.4 Å². The van der Waals surface area contributed by atoms with E-state index in [-0.39, 0.29) is 0 Å². The average molecular weight is 273 g/mol. The molecule has 0 spiro atoms. The van der Waals surface area contributed by atoms with Crippen molar-refractivity contribution in [2.24, 2.45) is 5.92 Å². The summed E-state index contributed by atoms with van der Waals surface area (Å²) in [7, 11) is 0. The second-order valence-corrected chi connectivity index (χ2v) is 5.08. The summed E-state index contributed by atoms with van der Waals surface area (Å²) >= 11 is 0. The lowest BCUT2D eigenvalue weighted by atomic mass is 10.2. The summed E-state index contributed by atoms with van der Waals surface area (Å²) in [6, 6.07) is 13.7. The highest BCUT2D eigenvalue weighted by Crippen LogP contribution is 2.16. The molecule has 1 aromatic carbocycles. The van der Waals surface area contributed by atoms with E-state index >= 15 is 0 Å². The van der Waals surface area contributed by atoms with E-state index in [1.165, 1.54) is 0 Å². The molecule has 0 bridgehead atoms. The standard InChI is InChI=1S/C18H15N3/c1-13(2)10-11-15-7-5-9-17(20-15)18-19-12-14-6-3-4-8-16(14)21-18/h3-9,12-13H,1-2H3. The maximum absolute atomic E-state index is 4.56. The average Bonchev–Trinajstić information content (AvgIpc) is 2.53. The van der Waals surface area contributed by atoms with Crippen LogP contribution in [0.1, 0.15) is 19.5 Å². The number of para-hydroxylation sites is 1. The van der Waals surface area contributed by atoms with Crippen LogP contribution < -0.4 is 0 Å². The van der Waals surface area contributed by atoms with E-state index in [1.54, 1.807) is 0 Å². The molecule has 0 atom stereocenters. The third-order valence-corrected chi connectivity index (χ3v) is 2.96. The molecule has 0 aliphatic rings. The quantitative estimate of drug-likeness (QED) is 0.635. The highest BCUT2D eigenvalue weighted by Gasteiger charge is 2.04. The fourth-order valence-electron chi connectivity index (χ4n) is 1.94. The first-order valence-corrected chi connectivity index (χ1v) is 6.93. The predicted molar refractivity (Wildman–Crippen MR) is 84.5 cm³/mol. The summed E-state index contributed by atoms with van der Waals surface area (Å²) < 4.78 is 0. The van der Waals surface area contributed by atoms with Gasteiger partial charge in [-0.05, 0) is 24.1 Å². The Balaban J connectivity index is 2.02. The summed E-state index contributed by atoms with van der Waals surface area (Å²) in [6.45, 7) is 4.12. The van der Waals surface area contributed by atoms with Crippen molar-refractivity contribution in [1.82, 2.24) is 15.0 Å². The molecule has 21 heavy (non-hydrogen) atoms. The zero-order chi connectivity index (χ0) is 14.7. The van der Waals surface area contributed by atoms with E-state index in [2.05, 4.69) is 40.6 Å². The summed E-state index contributed by atoms with van der Waals surface area (Å²) in [5.41, 5.74) is 2.41. The first-order valence-electron chi connectivity index (χ1n) is 6.93. The van der Waals surface area contributed by atoms with Gasteiger partial charge in [0.25, 0.3) is 0 Å². The van der Waals surface area contributed by atoms with E-state index in [1.807, 2.05) is 48.7 Å². The van der Waals surface area contributed by atoms with Crippen molar-refractivity contribution in [3.05, 3.63) is 54.4 Å². The Hall–Kier alpha value is -2.73. The number of fused-ring (bicyclic) bond motifs is 1. The molecule has 0 N–H and O–H groups in total. The van der Waals surface area contributed by atoms with E-state index in [0.29, 0.717) is 11.7 Å². The second kappa shape index (κ2) is 5.72. The molecule has 0 aliphatic carbocycles. The van der Waals surface area contributed by atoms with Gasteiger partial charge in [-0.1, -0.05) is 44.0 Å². The van der Waals surface area contributed by atoms with Crippen LogP contribution in [0.2, 0.25) is 0 Å². The molecule has 3 aromatic rings. The number of hydrogen-bond donors (Lipinski definition) is 0. The van der Waals surface area contributed by atoms with Gasteiger partial charge in [0.15, 0.2) is 5.82 Å². The molecule has 0 saturated carbocycles. The molecule has 3 rings (SSSR count). The SMILES string of the molecule is CC(C)C#Cc1cccc(-c2ncc3ccccc3n2)n1. The molecule has 0 fully saturated rings. The predicted octanol–water partition coefficient (Wildman–Crippen LogP) is 3.70. The zero-order valence-corrected chi connectivity index (χ0v) is 12.0. The van der Waals surface area contributed by atoms with Gasteiger partial charge in [0.05, 0.1) is 5.52 Å². The van der Waals surface area contributed by atoms with Gasteiger partial charge in [-0.15, -0.1) is 0 Å². The number of rotatable bonds is 1. The highest BCUT2D eigenvalue weighted by molar-refractivity contribution is 5.79. The molecule has 0 amide bonds. The van der Waals surface area contributed by atoms with E-state index in [9.17, 15) is 0 Å². The van der Waals surface area contributed by atoms with Crippen molar-refractivity contribution in [1.29, 1.82) is 0 Å².